The van der Waals surface area contributed by atoms with Gasteiger partial charge < -0.3 is 32.3 Å². The van der Waals surface area contributed by atoms with E-state index < -0.39 is 12.1 Å². The Bertz CT molecular complexity index is 1720. The molecular weight excluding hydrogens is 621 g/mol. The van der Waals surface area contributed by atoms with E-state index in [0.717, 1.165) is 54.3 Å². The minimum absolute atomic E-state index is 0.0159. The lowest BCUT2D eigenvalue weighted by Crippen LogP contribution is -2.65. The molecule has 0 spiro atoms. The van der Waals surface area contributed by atoms with Gasteiger partial charge in [0, 0.05) is 38.3 Å². The standard InChI is InChI=1S/C42H56N6O2/c43-20-22-46-21-8-15-37-28-48(42(50)40(45)27-32-17-19-34-12-5-7-14-36(34)24-32)38(25-30-9-2-1-3-10-30)29-47(37)41(49)39(44)26-31-16-18-33-11-4-6-13-35(33)23-31/h4-7,11-14,16-19,23-24,30,37-40,46H,1-3,8-10,15,20-22,25-29,43-45H2/t37-,38+,39?,40?/m0/s1. The highest BCUT2D eigenvalue weighted by Crippen LogP contribution is 2.32. The summed E-state index contributed by atoms with van der Waals surface area (Å²) in [5, 5.41) is 8.03. The molecule has 50 heavy (non-hydrogen) atoms. The van der Waals surface area contributed by atoms with E-state index in [2.05, 4.69) is 70.9 Å². The van der Waals surface area contributed by atoms with Crippen LogP contribution in [0.5, 0.6) is 0 Å². The van der Waals surface area contributed by atoms with Gasteiger partial charge in [0.1, 0.15) is 0 Å². The summed E-state index contributed by atoms with van der Waals surface area (Å²) in [5.74, 6) is 0.498. The maximum Gasteiger partial charge on any atom is 0.240 e. The molecule has 4 aromatic carbocycles. The lowest BCUT2D eigenvalue weighted by atomic mass is 9.83. The number of carbonyl (C=O) groups excluding carboxylic acids is 2. The van der Waals surface area contributed by atoms with Crippen LogP contribution in [-0.4, -0.2) is 78.5 Å². The molecule has 0 aromatic heterocycles. The predicted octanol–water partition coefficient (Wildman–Crippen LogP) is 5.14. The molecule has 2 fully saturated rings. The first-order chi connectivity index (χ1) is 24.4. The third-order valence-electron chi connectivity index (χ3n) is 11.0. The Morgan fingerprint density at radius 2 is 1.20 bits per heavy atom. The van der Waals surface area contributed by atoms with Crippen molar-refractivity contribution < 1.29 is 9.59 Å². The quantitative estimate of drug-likeness (QED) is 0.137. The summed E-state index contributed by atoms with van der Waals surface area (Å²) in [7, 11) is 0. The Kier molecular flexibility index (Phi) is 12.5. The van der Waals surface area contributed by atoms with Crippen molar-refractivity contribution in [3.05, 3.63) is 96.1 Å². The molecule has 1 saturated carbocycles. The van der Waals surface area contributed by atoms with E-state index in [1.54, 1.807) is 0 Å². The van der Waals surface area contributed by atoms with Gasteiger partial charge in [0.25, 0.3) is 0 Å². The SMILES string of the molecule is NCCNCCC[C@H]1CN(C(=O)C(N)Cc2ccc3ccccc3c2)[C@H](CC2CCCCC2)CN1C(=O)C(N)Cc1ccc2ccccc2c1. The van der Waals surface area contributed by atoms with Gasteiger partial charge >= 0.3 is 0 Å². The number of nitrogens with zero attached hydrogens (tertiary/aromatic N) is 2. The Labute approximate surface area is 297 Å². The van der Waals surface area contributed by atoms with Gasteiger partial charge in [-0.05, 0) is 77.2 Å². The molecule has 0 bridgehead atoms. The van der Waals surface area contributed by atoms with E-state index in [1.807, 2.05) is 29.2 Å². The monoisotopic (exact) mass is 676 g/mol. The summed E-state index contributed by atoms with van der Waals surface area (Å²) in [6.45, 7) is 3.11. The zero-order valence-corrected chi connectivity index (χ0v) is 29.5. The first-order valence-corrected chi connectivity index (χ1v) is 18.9. The summed E-state index contributed by atoms with van der Waals surface area (Å²) in [6, 6.07) is 27.6. The van der Waals surface area contributed by atoms with Crippen molar-refractivity contribution in [2.75, 3.05) is 32.7 Å². The van der Waals surface area contributed by atoms with Crippen LogP contribution in [0.3, 0.4) is 0 Å². The molecule has 0 radical (unpaired) electrons. The van der Waals surface area contributed by atoms with E-state index >= 15 is 0 Å². The van der Waals surface area contributed by atoms with E-state index in [0.29, 0.717) is 38.4 Å². The molecule has 7 N–H and O–H groups in total. The number of rotatable bonds is 14. The topological polar surface area (TPSA) is 131 Å². The van der Waals surface area contributed by atoms with E-state index in [9.17, 15) is 9.59 Å². The Morgan fingerprint density at radius 3 is 1.76 bits per heavy atom. The highest BCUT2D eigenvalue weighted by Gasteiger charge is 2.41. The molecular formula is C42H56N6O2. The van der Waals surface area contributed by atoms with Crippen LogP contribution in [0.15, 0.2) is 84.9 Å². The van der Waals surface area contributed by atoms with Crippen LogP contribution in [0.4, 0.5) is 0 Å². The second-order valence-corrected chi connectivity index (χ2v) is 14.7. The van der Waals surface area contributed by atoms with Gasteiger partial charge in [-0.3, -0.25) is 9.59 Å². The smallest absolute Gasteiger partial charge is 0.240 e. The third kappa shape index (κ3) is 9.09. The van der Waals surface area contributed by atoms with Crippen LogP contribution < -0.4 is 22.5 Å². The summed E-state index contributed by atoms with van der Waals surface area (Å²) in [6.07, 6.45) is 9.55. The largest absolute Gasteiger partial charge is 0.335 e. The Hall–Kier alpha value is -3.82. The van der Waals surface area contributed by atoms with Crippen LogP contribution in [0.1, 0.15) is 62.5 Å². The highest BCUT2D eigenvalue weighted by molar-refractivity contribution is 5.87. The van der Waals surface area contributed by atoms with Crippen LogP contribution in [0, 0.1) is 5.92 Å². The van der Waals surface area contributed by atoms with Crippen LogP contribution in [0.25, 0.3) is 21.5 Å². The molecule has 6 rings (SSSR count). The van der Waals surface area contributed by atoms with Crippen molar-refractivity contribution in [1.29, 1.82) is 0 Å². The summed E-state index contributed by atoms with van der Waals surface area (Å²) >= 11 is 0. The predicted molar refractivity (Wildman–Crippen MR) is 205 cm³/mol. The first kappa shape index (κ1) is 36.0. The molecule has 4 atom stereocenters. The Morgan fingerprint density at radius 1 is 0.680 bits per heavy atom. The zero-order chi connectivity index (χ0) is 34.9. The average Bonchev–Trinajstić information content (AvgIpc) is 3.14. The number of carbonyl (C=O) groups is 2. The fourth-order valence-electron chi connectivity index (χ4n) is 8.28. The molecule has 2 aliphatic rings. The van der Waals surface area contributed by atoms with Crippen LogP contribution >= 0.6 is 0 Å². The first-order valence-electron chi connectivity index (χ1n) is 18.9. The number of hydrogen-bond acceptors (Lipinski definition) is 6. The molecule has 1 aliphatic carbocycles. The van der Waals surface area contributed by atoms with Crippen molar-refractivity contribution >= 4 is 33.4 Å². The second-order valence-electron chi connectivity index (χ2n) is 14.7. The lowest BCUT2D eigenvalue weighted by Gasteiger charge is -2.49. The molecule has 2 amide bonds. The van der Waals surface area contributed by atoms with E-state index in [4.69, 9.17) is 17.2 Å². The van der Waals surface area contributed by atoms with E-state index in [-0.39, 0.29) is 23.9 Å². The number of nitrogens with one attached hydrogen (secondary N) is 1. The molecule has 8 heteroatoms. The number of nitrogens with two attached hydrogens (primary N) is 3. The lowest BCUT2D eigenvalue weighted by molar-refractivity contribution is -0.149. The molecule has 2 unspecified atom stereocenters. The number of benzene rings is 4. The van der Waals surface area contributed by atoms with Crippen molar-refractivity contribution in [3.8, 4) is 0 Å². The number of fused-ring (bicyclic) bond motifs is 2. The minimum atomic E-state index is -0.665. The molecule has 8 nitrogen and oxygen atoms in total. The van der Waals surface area contributed by atoms with Gasteiger partial charge in [0.2, 0.25) is 11.8 Å². The number of amides is 2. The molecule has 1 aliphatic heterocycles. The van der Waals surface area contributed by atoms with Gasteiger partial charge in [-0.1, -0.05) is 117 Å². The summed E-state index contributed by atoms with van der Waals surface area (Å²) < 4.78 is 0. The van der Waals surface area contributed by atoms with Crippen molar-refractivity contribution in [3.63, 3.8) is 0 Å². The fourth-order valence-corrected chi connectivity index (χ4v) is 8.28. The van der Waals surface area contributed by atoms with E-state index in [1.165, 1.54) is 42.9 Å². The second kappa shape index (κ2) is 17.4. The highest BCUT2D eigenvalue weighted by atomic mass is 16.2. The minimum Gasteiger partial charge on any atom is -0.335 e. The van der Waals surface area contributed by atoms with Gasteiger partial charge in [-0.25, -0.2) is 0 Å². The van der Waals surface area contributed by atoms with Crippen molar-refractivity contribution in [2.45, 2.75) is 88.4 Å². The van der Waals surface area contributed by atoms with Gasteiger partial charge in [-0.2, -0.15) is 0 Å². The fraction of sp³-hybridized carbons (Fsp3) is 0.476. The Balaban J connectivity index is 1.22. The van der Waals surface area contributed by atoms with Crippen molar-refractivity contribution in [2.24, 2.45) is 23.1 Å². The molecule has 1 saturated heterocycles. The molecule has 4 aromatic rings. The molecule has 1 heterocycles. The number of piperazine rings is 1. The molecule has 266 valence electrons. The normalized spacial score (nSPS) is 19.9. The van der Waals surface area contributed by atoms with Gasteiger partial charge in [-0.15, -0.1) is 0 Å². The third-order valence-corrected chi connectivity index (χ3v) is 11.0. The average molecular weight is 677 g/mol. The summed E-state index contributed by atoms with van der Waals surface area (Å²) in [4.78, 5) is 32.8. The van der Waals surface area contributed by atoms with Gasteiger partial charge in [0.05, 0.1) is 12.1 Å². The maximum atomic E-state index is 14.4. The van der Waals surface area contributed by atoms with Crippen LogP contribution in [0.2, 0.25) is 0 Å². The zero-order valence-electron chi connectivity index (χ0n) is 29.5. The number of hydrogen-bond donors (Lipinski definition) is 4. The van der Waals surface area contributed by atoms with Gasteiger partial charge in [0.15, 0.2) is 0 Å². The van der Waals surface area contributed by atoms with Crippen LogP contribution in [-0.2, 0) is 22.4 Å². The maximum absolute atomic E-state index is 14.4. The van der Waals surface area contributed by atoms with Crippen molar-refractivity contribution in [1.82, 2.24) is 15.1 Å². The summed E-state index contributed by atoms with van der Waals surface area (Å²) in [5.41, 5.74) is 21.4.